The van der Waals surface area contributed by atoms with Gasteiger partial charge in [0.2, 0.25) is 0 Å². The predicted octanol–water partition coefficient (Wildman–Crippen LogP) is 21.8. The second kappa shape index (κ2) is 70.3. The molecular weight excluding hydrogens is 1340 g/mol. The maximum atomic E-state index is 11.7. The maximum Gasteiger partial charge on any atom is 6.00 e. The van der Waals surface area contributed by atoms with Crippen molar-refractivity contribution in [1.29, 1.82) is 0 Å². The van der Waals surface area contributed by atoms with E-state index in [1.807, 2.05) is 41.5 Å². The van der Waals surface area contributed by atoms with Crippen LogP contribution in [0.5, 0.6) is 0 Å². The second-order valence-electron chi connectivity index (χ2n) is 26.9. The van der Waals surface area contributed by atoms with Crippen LogP contribution >= 0.6 is 44.2 Å². The van der Waals surface area contributed by atoms with E-state index in [9.17, 15) is 56.8 Å². The third-order valence-electron chi connectivity index (χ3n) is 17.6. The molecule has 0 amide bonds. The molecule has 0 aliphatic carbocycles. The summed E-state index contributed by atoms with van der Waals surface area (Å²) in [6.45, 7) is 37.7. The summed E-state index contributed by atoms with van der Waals surface area (Å²) in [6.07, 6.45) is 42.2. The molecule has 12 atom stereocenters. The first-order chi connectivity index (χ1) is 42.3. The molecular formula is C72H156MoO12P6. The zero-order chi connectivity index (χ0) is 70.4. The molecule has 0 fully saturated rings. The van der Waals surface area contributed by atoms with Gasteiger partial charge in [0.1, 0.15) is 0 Å². The molecule has 12 unspecified atom stereocenters. The van der Waals surface area contributed by atoms with Gasteiger partial charge in [0.15, 0.2) is 0 Å². The van der Waals surface area contributed by atoms with E-state index in [1.54, 1.807) is 0 Å². The fourth-order valence-corrected chi connectivity index (χ4v) is 24.1. The van der Waals surface area contributed by atoms with Crippen molar-refractivity contribution in [3.05, 3.63) is 0 Å². The number of unbranched alkanes of at least 4 members (excludes halogenated alkanes) is 12. The number of hydrogen-bond acceptors (Lipinski definition) is 12. The molecule has 0 spiro atoms. The summed E-state index contributed by atoms with van der Waals surface area (Å²) >= 11 is 0. The molecule has 552 valence electrons. The monoisotopic (exact) mass is 1500 g/mol. The van der Waals surface area contributed by atoms with Crippen molar-refractivity contribution < 1.29 is 77.8 Å². The topological polar surface area (TPSA) is 241 Å². The van der Waals surface area contributed by atoms with Gasteiger partial charge in [0, 0.05) is 44.2 Å². The Bertz CT molecular complexity index is 1490. The van der Waals surface area contributed by atoms with Crippen molar-refractivity contribution in [2.45, 2.75) is 356 Å². The van der Waals surface area contributed by atoms with Gasteiger partial charge in [-0.25, -0.2) is 0 Å². The van der Waals surface area contributed by atoms with E-state index < -0.39 is 44.2 Å². The first-order valence-corrected chi connectivity index (χ1v) is 50.0. The molecule has 0 rings (SSSR count). The Morgan fingerprint density at radius 2 is 0.297 bits per heavy atom. The van der Waals surface area contributed by atoms with E-state index in [1.165, 1.54) is 0 Å². The van der Waals surface area contributed by atoms with Gasteiger partial charge >= 0.3 is 21.1 Å². The van der Waals surface area contributed by atoms with Crippen LogP contribution < -0.4 is 29.4 Å². The van der Waals surface area contributed by atoms with Gasteiger partial charge in [-0.2, -0.15) is 0 Å². The Balaban J connectivity index is -0.000000186. The van der Waals surface area contributed by atoms with Crippen LogP contribution in [0.3, 0.4) is 0 Å². The molecule has 0 saturated heterocycles. The van der Waals surface area contributed by atoms with Gasteiger partial charge in [-0.3, -0.25) is 0 Å². The van der Waals surface area contributed by atoms with Crippen molar-refractivity contribution in [3.8, 4) is 0 Å². The van der Waals surface area contributed by atoms with Gasteiger partial charge in [-0.05, 0) is 148 Å². The van der Waals surface area contributed by atoms with Crippen LogP contribution in [0.1, 0.15) is 356 Å². The van der Waals surface area contributed by atoms with E-state index in [0.29, 0.717) is 109 Å². The molecule has 0 aromatic heterocycles. The van der Waals surface area contributed by atoms with Crippen LogP contribution in [0.25, 0.3) is 0 Å². The zero-order valence-corrected chi connectivity index (χ0v) is 70.8. The van der Waals surface area contributed by atoms with Crippen molar-refractivity contribution in [2.75, 3.05) is 73.9 Å². The van der Waals surface area contributed by atoms with Gasteiger partial charge in [0.05, 0.1) is 0 Å². The standard InChI is InChI=1S/6C12H27O2P.Mo/c6*1-4-7-9-12(6-3)11-15(13,14)10-8-5-2;/h6*12H,4-11H2,1-3H3,(H,13,14);/q;;;;;;+6/p-6. The summed E-state index contributed by atoms with van der Waals surface area (Å²) in [5, 5.41) is 0. The minimum Gasteiger partial charge on any atom is -0.799 e. The molecule has 0 aliphatic rings. The SMILES string of the molecule is CCCCC(CC)CP(=O)([O-])CCCC.CCCCC(CC)CP(=O)([O-])CCCC.CCCCC(CC)CP(=O)([O-])CCCC.CCCCC(CC)CP(=O)([O-])CCCC.CCCCC(CC)CP(=O)([O-])CCCC.CCCCC(CC)CP(=O)([O-])CCCC.[Mo+6]. The molecule has 19 heteroatoms. The minimum absolute atomic E-state index is 0. The maximum absolute atomic E-state index is 11.7. The molecule has 0 saturated carbocycles. The Morgan fingerprint density at radius 1 is 0.198 bits per heavy atom. The minimum atomic E-state index is -3.07. The number of rotatable bonds is 54. The van der Waals surface area contributed by atoms with E-state index in [4.69, 9.17) is 0 Å². The van der Waals surface area contributed by atoms with E-state index in [-0.39, 0.29) is 21.1 Å². The largest absolute Gasteiger partial charge is 6.00 e. The van der Waals surface area contributed by atoms with E-state index in [0.717, 1.165) is 231 Å². The van der Waals surface area contributed by atoms with E-state index >= 15 is 0 Å². The van der Waals surface area contributed by atoms with Crippen molar-refractivity contribution in [3.63, 3.8) is 0 Å². The first-order valence-electron chi connectivity index (χ1n) is 38.1. The molecule has 91 heavy (non-hydrogen) atoms. The van der Waals surface area contributed by atoms with Crippen molar-refractivity contribution in [1.82, 2.24) is 0 Å². The summed E-state index contributed by atoms with van der Waals surface area (Å²) in [5.74, 6) is 2.36. The van der Waals surface area contributed by atoms with Crippen LogP contribution in [0.4, 0.5) is 0 Å². The molecule has 0 aromatic carbocycles. The smallest absolute Gasteiger partial charge is 0.799 e. The molecule has 0 N–H and O–H groups in total. The van der Waals surface area contributed by atoms with Crippen LogP contribution in [0.15, 0.2) is 0 Å². The summed E-state index contributed by atoms with van der Waals surface area (Å²) in [5.41, 5.74) is 0. The molecule has 0 aliphatic heterocycles. The molecule has 0 aromatic rings. The third kappa shape index (κ3) is 77.4. The van der Waals surface area contributed by atoms with Crippen LogP contribution in [-0.2, 0) is 48.5 Å². The molecule has 12 nitrogen and oxygen atoms in total. The summed E-state index contributed by atoms with van der Waals surface area (Å²) in [7, 11) is -18.4. The molecule has 0 bridgehead atoms. The second-order valence-corrected chi connectivity index (χ2v) is 41.6. The van der Waals surface area contributed by atoms with Crippen molar-refractivity contribution >= 4 is 44.2 Å². The molecule has 0 heterocycles. The zero-order valence-electron chi connectivity index (χ0n) is 63.4. The summed E-state index contributed by atoms with van der Waals surface area (Å²) in [6, 6.07) is 0. The van der Waals surface area contributed by atoms with E-state index in [2.05, 4.69) is 83.1 Å². The predicted molar refractivity (Wildman–Crippen MR) is 393 cm³/mol. The number of hydrogen-bond donors (Lipinski definition) is 0. The van der Waals surface area contributed by atoms with Crippen LogP contribution in [0.2, 0.25) is 0 Å². The first kappa shape index (κ1) is 106. The third-order valence-corrected chi connectivity index (χ3v) is 30.0. The van der Waals surface area contributed by atoms with Gasteiger partial charge in [-0.15, -0.1) is 0 Å². The van der Waals surface area contributed by atoms with Crippen LogP contribution in [-0.4, -0.2) is 73.9 Å². The Labute approximate surface area is 583 Å². The molecule has 0 radical (unpaired) electrons. The van der Waals surface area contributed by atoms with Crippen LogP contribution in [0, 0.1) is 35.5 Å². The summed E-state index contributed by atoms with van der Waals surface area (Å²) in [4.78, 5) is 70.5. The Morgan fingerprint density at radius 3 is 0.374 bits per heavy atom. The Kier molecular flexibility index (Phi) is 82.1. The van der Waals surface area contributed by atoms with Gasteiger partial charge < -0.3 is 56.8 Å². The average molecular weight is 1500 g/mol. The fourth-order valence-electron chi connectivity index (χ4n) is 10.8. The average Bonchev–Trinajstić information content (AvgIpc) is 3.68. The summed E-state index contributed by atoms with van der Waals surface area (Å²) < 4.78 is 70.5. The quantitative estimate of drug-likeness (QED) is 0.0408. The Hall–Kier alpha value is 1.83. The fraction of sp³-hybridized carbons (Fsp3) is 1.00. The van der Waals surface area contributed by atoms with Gasteiger partial charge in [-0.1, -0.05) is 317 Å². The van der Waals surface area contributed by atoms with Crippen molar-refractivity contribution in [2.24, 2.45) is 35.5 Å². The normalized spacial score (nSPS) is 17.1. The van der Waals surface area contributed by atoms with Gasteiger partial charge in [0.25, 0.3) is 0 Å².